The molecule has 4 aromatic rings. The Labute approximate surface area is 172 Å². The Kier molecular flexibility index (Phi) is 4.19. The molecule has 6 rings (SSSR count). The fourth-order valence-electron chi connectivity index (χ4n) is 3.81. The van der Waals surface area contributed by atoms with Gasteiger partial charge in [-0.1, -0.05) is 0 Å². The summed E-state index contributed by atoms with van der Waals surface area (Å²) in [6.45, 7) is 1.60. The Balaban J connectivity index is 1.25. The van der Waals surface area contributed by atoms with Crippen LogP contribution in [-0.4, -0.2) is 45.5 Å². The number of nitrogens with zero attached hydrogens (tertiary/aromatic N) is 3. The molecule has 4 N–H and O–H groups in total. The lowest BCUT2D eigenvalue weighted by molar-refractivity contribution is 0.0904. The molecule has 2 fully saturated rings. The normalized spacial score (nSPS) is 17.5. The summed E-state index contributed by atoms with van der Waals surface area (Å²) >= 11 is 0. The summed E-state index contributed by atoms with van der Waals surface area (Å²) in [5, 5.41) is 18.9. The molecule has 1 aliphatic heterocycles. The van der Waals surface area contributed by atoms with E-state index < -0.39 is 0 Å². The van der Waals surface area contributed by atoms with E-state index in [0.29, 0.717) is 23.6 Å². The number of hydrogen-bond acceptors (Lipinski definition) is 8. The Bertz CT molecular complexity index is 1190. The van der Waals surface area contributed by atoms with Crippen molar-refractivity contribution in [2.24, 2.45) is 0 Å². The first-order valence-electron chi connectivity index (χ1n) is 10.4. The van der Waals surface area contributed by atoms with Gasteiger partial charge in [0.25, 0.3) is 0 Å². The van der Waals surface area contributed by atoms with Crippen LogP contribution in [0.5, 0.6) is 0 Å². The molecule has 4 heterocycles. The van der Waals surface area contributed by atoms with Crippen molar-refractivity contribution >= 4 is 45.3 Å². The predicted octanol–water partition coefficient (Wildman–Crippen LogP) is 4.01. The summed E-state index contributed by atoms with van der Waals surface area (Å²) in [5.41, 5.74) is 3.32. The third-order valence-electron chi connectivity index (χ3n) is 5.60. The molecule has 154 valence electrons. The highest BCUT2D eigenvalue weighted by Gasteiger charge is 2.24. The number of H-pyrrole nitrogens is 1. The van der Waals surface area contributed by atoms with Gasteiger partial charge in [-0.15, -0.1) is 0 Å². The van der Waals surface area contributed by atoms with Gasteiger partial charge in [-0.05, 0) is 43.9 Å². The molecule has 9 heteroatoms. The van der Waals surface area contributed by atoms with Crippen LogP contribution in [0.15, 0.2) is 34.9 Å². The standard InChI is InChI=1S/C21H23N7O2/c1-2-12(1)23-20-18-16(7-10-30-18)25-21(26-20)24-14-3-4-15-17(11-14)27-28-19(15)22-13-5-8-29-9-6-13/h3-4,7,10-13H,1-2,5-6,8-9H2,(H2,22,27,28)(H2,23,24,25,26). The van der Waals surface area contributed by atoms with E-state index >= 15 is 0 Å². The first-order valence-corrected chi connectivity index (χ1v) is 10.4. The maximum Gasteiger partial charge on any atom is 0.229 e. The van der Waals surface area contributed by atoms with Crippen LogP contribution >= 0.6 is 0 Å². The molecule has 1 aromatic carbocycles. The molecular formula is C21H23N7O2. The van der Waals surface area contributed by atoms with E-state index in [1.165, 1.54) is 0 Å². The van der Waals surface area contributed by atoms with E-state index in [9.17, 15) is 0 Å². The van der Waals surface area contributed by atoms with E-state index in [0.717, 1.165) is 72.6 Å². The number of aromatic amines is 1. The van der Waals surface area contributed by atoms with Crippen molar-refractivity contribution in [1.82, 2.24) is 20.2 Å². The van der Waals surface area contributed by atoms with Crippen molar-refractivity contribution in [2.45, 2.75) is 37.8 Å². The summed E-state index contributed by atoms with van der Waals surface area (Å²) in [7, 11) is 0. The van der Waals surface area contributed by atoms with Crippen LogP contribution in [0.4, 0.5) is 23.3 Å². The highest BCUT2D eigenvalue weighted by atomic mass is 16.5. The van der Waals surface area contributed by atoms with Gasteiger partial charge >= 0.3 is 0 Å². The van der Waals surface area contributed by atoms with Crippen LogP contribution in [0.3, 0.4) is 0 Å². The van der Waals surface area contributed by atoms with Crippen molar-refractivity contribution < 1.29 is 9.15 Å². The van der Waals surface area contributed by atoms with Gasteiger partial charge in [0.2, 0.25) is 5.95 Å². The van der Waals surface area contributed by atoms with Crippen LogP contribution in [0.1, 0.15) is 25.7 Å². The maximum atomic E-state index is 5.56. The second-order valence-corrected chi connectivity index (χ2v) is 7.94. The van der Waals surface area contributed by atoms with Crippen molar-refractivity contribution in [2.75, 3.05) is 29.2 Å². The van der Waals surface area contributed by atoms with Crippen LogP contribution in [0, 0.1) is 0 Å². The van der Waals surface area contributed by atoms with E-state index in [2.05, 4.69) is 42.2 Å². The smallest absolute Gasteiger partial charge is 0.229 e. The lowest BCUT2D eigenvalue weighted by Gasteiger charge is -2.23. The molecule has 9 nitrogen and oxygen atoms in total. The second-order valence-electron chi connectivity index (χ2n) is 7.94. The topological polar surface area (TPSA) is 113 Å². The molecule has 2 aliphatic rings. The minimum Gasteiger partial charge on any atom is -0.459 e. The number of benzene rings is 1. The maximum absolute atomic E-state index is 5.56. The van der Waals surface area contributed by atoms with Crippen molar-refractivity contribution in [3.8, 4) is 0 Å². The molecular weight excluding hydrogens is 382 g/mol. The first kappa shape index (κ1) is 17.5. The zero-order chi connectivity index (χ0) is 19.9. The van der Waals surface area contributed by atoms with E-state index in [1.807, 2.05) is 18.2 Å². The average molecular weight is 405 g/mol. The zero-order valence-electron chi connectivity index (χ0n) is 16.4. The highest BCUT2D eigenvalue weighted by molar-refractivity contribution is 5.92. The summed E-state index contributed by atoms with van der Waals surface area (Å²) in [6.07, 6.45) is 5.97. The number of ether oxygens (including phenoxy) is 1. The van der Waals surface area contributed by atoms with Gasteiger partial charge < -0.3 is 25.1 Å². The van der Waals surface area contributed by atoms with Crippen LogP contribution in [-0.2, 0) is 4.74 Å². The monoisotopic (exact) mass is 405 g/mol. The third-order valence-corrected chi connectivity index (χ3v) is 5.60. The lowest BCUT2D eigenvalue weighted by Crippen LogP contribution is -2.28. The third kappa shape index (κ3) is 3.41. The summed E-state index contributed by atoms with van der Waals surface area (Å²) in [5.74, 6) is 2.16. The summed E-state index contributed by atoms with van der Waals surface area (Å²) in [6, 6.07) is 8.83. The van der Waals surface area contributed by atoms with E-state index in [4.69, 9.17) is 9.15 Å². The number of aromatic nitrogens is 4. The zero-order valence-corrected chi connectivity index (χ0v) is 16.4. The fourth-order valence-corrected chi connectivity index (χ4v) is 3.81. The Hall–Kier alpha value is -3.33. The Morgan fingerprint density at radius 2 is 1.77 bits per heavy atom. The number of furan rings is 1. The summed E-state index contributed by atoms with van der Waals surface area (Å²) in [4.78, 5) is 9.21. The molecule has 3 aromatic heterocycles. The predicted molar refractivity (Wildman–Crippen MR) is 115 cm³/mol. The molecule has 1 aliphatic carbocycles. The number of nitrogens with one attached hydrogen (secondary N) is 4. The van der Waals surface area contributed by atoms with Gasteiger partial charge in [-0.2, -0.15) is 10.1 Å². The molecule has 1 saturated heterocycles. The van der Waals surface area contributed by atoms with E-state index in [1.54, 1.807) is 6.26 Å². The Morgan fingerprint density at radius 1 is 0.933 bits per heavy atom. The van der Waals surface area contributed by atoms with Gasteiger partial charge in [-0.3, -0.25) is 5.10 Å². The van der Waals surface area contributed by atoms with Crippen molar-refractivity contribution in [3.05, 3.63) is 30.5 Å². The van der Waals surface area contributed by atoms with Gasteiger partial charge in [0.15, 0.2) is 17.2 Å². The molecule has 0 amide bonds. The molecule has 1 saturated carbocycles. The largest absolute Gasteiger partial charge is 0.459 e. The highest BCUT2D eigenvalue weighted by Crippen LogP contribution is 2.31. The molecule has 0 radical (unpaired) electrons. The van der Waals surface area contributed by atoms with Crippen LogP contribution in [0.25, 0.3) is 22.0 Å². The molecule has 0 spiro atoms. The fraction of sp³-hybridized carbons (Fsp3) is 0.381. The van der Waals surface area contributed by atoms with E-state index in [-0.39, 0.29) is 0 Å². The SMILES string of the molecule is c1cc2nc(Nc3ccc4c(NC5CCOCC5)n[nH]c4c3)nc(NC3CC3)c2o1. The lowest BCUT2D eigenvalue weighted by atomic mass is 10.1. The molecule has 0 unspecified atom stereocenters. The number of fused-ring (bicyclic) bond motifs is 2. The Morgan fingerprint density at radius 3 is 2.63 bits per heavy atom. The minimum atomic E-state index is 0.399. The van der Waals surface area contributed by atoms with Gasteiger partial charge in [0.05, 0.1) is 11.8 Å². The van der Waals surface area contributed by atoms with Gasteiger partial charge in [0, 0.05) is 42.4 Å². The van der Waals surface area contributed by atoms with Crippen molar-refractivity contribution in [3.63, 3.8) is 0 Å². The number of hydrogen-bond donors (Lipinski definition) is 4. The van der Waals surface area contributed by atoms with Crippen molar-refractivity contribution in [1.29, 1.82) is 0 Å². The number of anilines is 4. The van der Waals surface area contributed by atoms with Crippen LogP contribution < -0.4 is 16.0 Å². The molecule has 0 atom stereocenters. The minimum absolute atomic E-state index is 0.399. The van der Waals surface area contributed by atoms with Crippen LogP contribution in [0.2, 0.25) is 0 Å². The average Bonchev–Trinajstić information content (AvgIpc) is 3.29. The molecule has 30 heavy (non-hydrogen) atoms. The van der Waals surface area contributed by atoms with Gasteiger partial charge in [-0.25, -0.2) is 4.98 Å². The number of rotatable bonds is 6. The second kappa shape index (κ2) is 7.17. The first-order chi connectivity index (χ1) is 14.8. The van der Waals surface area contributed by atoms with Gasteiger partial charge in [0.1, 0.15) is 5.52 Å². The summed E-state index contributed by atoms with van der Waals surface area (Å²) < 4.78 is 11.0. The quantitative estimate of drug-likeness (QED) is 0.381. The molecule has 0 bridgehead atoms.